The van der Waals surface area contributed by atoms with Gasteiger partial charge in [0.05, 0.1) is 5.56 Å². The number of ether oxygens (including phenoxy) is 1. The molecule has 2 N–H and O–H groups in total. The van der Waals surface area contributed by atoms with Crippen LogP contribution in [0, 0.1) is 0 Å². The minimum absolute atomic E-state index is 0.194. The Bertz CT molecular complexity index is 817. The lowest BCUT2D eigenvalue weighted by Crippen LogP contribution is -2.76. The summed E-state index contributed by atoms with van der Waals surface area (Å²) >= 11 is 0. The van der Waals surface area contributed by atoms with Crippen molar-refractivity contribution in [3.05, 3.63) is 54.1 Å². The maximum Gasteiger partial charge on any atom is 0.573 e. The summed E-state index contributed by atoms with van der Waals surface area (Å²) in [5.41, 5.74) is 1.15. The van der Waals surface area contributed by atoms with E-state index in [0.29, 0.717) is 24.3 Å². The highest BCUT2D eigenvalue weighted by atomic mass is 19.4. The number of alkyl halides is 3. The van der Waals surface area contributed by atoms with E-state index < -0.39 is 12.0 Å². The zero-order valence-corrected chi connectivity index (χ0v) is 12.9. The van der Waals surface area contributed by atoms with E-state index in [0.717, 1.165) is 5.69 Å². The minimum atomic E-state index is -4.75. The summed E-state index contributed by atoms with van der Waals surface area (Å²) in [6.45, 7) is 1.07. The normalized spacial score (nSPS) is 18.4. The second-order valence-electron chi connectivity index (χ2n) is 5.99. The van der Waals surface area contributed by atoms with E-state index in [1.54, 1.807) is 17.0 Å². The van der Waals surface area contributed by atoms with Gasteiger partial charge in [-0.05, 0) is 36.4 Å². The van der Waals surface area contributed by atoms with E-state index >= 15 is 0 Å². The molecular formula is C17H14F3N3O2. The van der Waals surface area contributed by atoms with Crippen LogP contribution in [-0.2, 0) is 0 Å². The van der Waals surface area contributed by atoms with Gasteiger partial charge >= 0.3 is 6.36 Å². The lowest BCUT2D eigenvalue weighted by molar-refractivity contribution is -0.274. The van der Waals surface area contributed by atoms with Crippen molar-refractivity contribution in [1.82, 2.24) is 5.32 Å². The van der Waals surface area contributed by atoms with Crippen LogP contribution in [-0.4, -0.2) is 31.0 Å². The molecule has 0 aromatic heterocycles. The molecule has 1 saturated heterocycles. The Morgan fingerprint density at radius 3 is 2.32 bits per heavy atom. The number of halogens is 3. The monoisotopic (exact) mass is 349 g/mol. The molecular weight excluding hydrogens is 335 g/mol. The molecule has 0 bridgehead atoms. The van der Waals surface area contributed by atoms with Crippen molar-refractivity contribution in [3.8, 4) is 5.75 Å². The van der Waals surface area contributed by atoms with Gasteiger partial charge in [-0.3, -0.25) is 9.69 Å². The maximum absolute atomic E-state index is 13.0. The van der Waals surface area contributed by atoms with Crippen molar-refractivity contribution in [2.75, 3.05) is 23.3 Å². The summed E-state index contributed by atoms with van der Waals surface area (Å²) in [4.78, 5) is 14.6. The second-order valence-corrected chi connectivity index (χ2v) is 5.99. The molecule has 2 aliphatic heterocycles. The van der Waals surface area contributed by atoms with Crippen LogP contribution >= 0.6 is 0 Å². The highest BCUT2D eigenvalue weighted by molar-refractivity contribution is 6.13. The van der Waals surface area contributed by atoms with Crippen LogP contribution in [0.15, 0.2) is 48.5 Å². The first kappa shape index (κ1) is 15.8. The molecule has 1 spiro atoms. The van der Waals surface area contributed by atoms with Crippen molar-refractivity contribution in [2.24, 2.45) is 0 Å². The summed E-state index contributed by atoms with van der Waals surface area (Å²) in [6, 6.07) is 12.5. The van der Waals surface area contributed by atoms with Gasteiger partial charge < -0.3 is 15.4 Å². The Morgan fingerprint density at radius 2 is 1.72 bits per heavy atom. The number of fused-ring (bicyclic) bond motifs is 1. The van der Waals surface area contributed by atoms with Crippen LogP contribution in [0.2, 0.25) is 0 Å². The maximum atomic E-state index is 13.0. The van der Waals surface area contributed by atoms with E-state index in [1.807, 2.05) is 12.1 Å². The van der Waals surface area contributed by atoms with Crippen molar-refractivity contribution in [3.63, 3.8) is 0 Å². The van der Waals surface area contributed by atoms with E-state index in [-0.39, 0.29) is 11.7 Å². The molecule has 2 aromatic rings. The van der Waals surface area contributed by atoms with Crippen LogP contribution < -0.4 is 20.3 Å². The fraction of sp³-hybridized carbons (Fsp3) is 0.235. The summed E-state index contributed by atoms with van der Waals surface area (Å²) in [5, 5.41) is 6.51. The molecule has 2 aromatic carbocycles. The molecule has 2 heterocycles. The molecule has 0 unspecified atom stereocenters. The van der Waals surface area contributed by atoms with Gasteiger partial charge in [-0.1, -0.05) is 12.1 Å². The number of para-hydroxylation sites is 1. The third kappa shape index (κ3) is 2.68. The fourth-order valence-corrected chi connectivity index (χ4v) is 3.17. The Kier molecular flexibility index (Phi) is 3.40. The number of anilines is 2. The Labute approximate surface area is 141 Å². The van der Waals surface area contributed by atoms with Crippen molar-refractivity contribution in [2.45, 2.75) is 12.0 Å². The molecule has 0 atom stereocenters. The van der Waals surface area contributed by atoms with Crippen LogP contribution in [0.5, 0.6) is 5.75 Å². The van der Waals surface area contributed by atoms with Crippen LogP contribution in [0.25, 0.3) is 0 Å². The minimum Gasteiger partial charge on any atom is -0.406 e. The van der Waals surface area contributed by atoms with Gasteiger partial charge in [0, 0.05) is 24.5 Å². The third-order valence-electron chi connectivity index (χ3n) is 4.32. The van der Waals surface area contributed by atoms with Gasteiger partial charge in [-0.25, -0.2) is 0 Å². The highest BCUT2D eigenvalue weighted by Gasteiger charge is 2.49. The lowest BCUT2D eigenvalue weighted by atomic mass is 9.93. The highest BCUT2D eigenvalue weighted by Crippen LogP contribution is 2.37. The van der Waals surface area contributed by atoms with Crippen LogP contribution in [0.3, 0.4) is 0 Å². The number of hydrogen-bond acceptors (Lipinski definition) is 4. The van der Waals surface area contributed by atoms with Crippen molar-refractivity contribution in [1.29, 1.82) is 0 Å². The number of amides is 1. The molecule has 25 heavy (non-hydrogen) atoms. The van der Waals surface area contributed by atoms with E-state index in [4.69, 9.17) is 0 Å². The first-order valence-electron chi connectivity index (χ1n) is 7.66. The number of rotatable bonds is 2. The number of nitrogens with zero attached hydrogens (tertiary/aromatic N) is 1. The Morgan fingerprint density at radius 1 is 1.04 bits per heavy atom. The van der Waals surface area contributed by atoms with E-state index in [2.05, 4.69) is 15.4 Å². The van der Waals surface area contributed by atoms with E-state index in [1.165, 1.54) is 24.3 Å². The zero-order chi connectivity index (χ0) is 17.7. The second kappa shape index (κ2) is 5.38. The first-order valence-corrected chi connectivity index (χ1v) is 7.66. The predicted molar refractivity (Wildman–Crippen MR) is 85.6 cm³/mol. The van der Waals surface area contributed by atoms with Gasteiger partial charge in [-0.2, -0.15) is 0 Å². The van der Waals surface area contributed by atoms with Crippen LogP contribution in [0.4, 0.5) is 24.5 Å². The first-order chi connectivity index (χ1) is 11.9. The van der Waals surface area contributed by atoms with E-state index in [9.17, 15) is 18.0 Å². The van der Waals surface area contributed by atoms with Crippen molar-refractivity contribution >= 4 is 17.3 Å². The quantitative estimate of drug-likeness (QED) is 0.875. The molecule has 0 saturated carbocycles. The van der Waals surface area contributed by atoms with Gasteiger partial charge in [0.2, 0.25) is 0 Å². The third-order valence-corrected chi connectivity index (χ3v) is 4.32. The molecule has 130 valence electrons. The Hall–Kier alpha value is -2.74. The molecule has 4 rings (SSSR count). The number of carbonyl (C=O) groups is 1. The molecule has 8 heteroatoms. The molecule has 0 aliphatic carbocycles. The fourth-order valence-electron chi connectivity index (χ4n) is 3.17. The molecule has 1 fully saturated rings. The predicted octanol–water partition coefficient (Wildman–Crippen LogP) is 2.96. The summed E-state index contributed by atoms with van der Waals surface area (Å²) < 4.78 is 40.8. The largest absolute Gasteiger partial charge is 0.573 e. The molecule has 5 nitrogen and oxygen atoms in total. The smallest absolute Gasteiger partial charge is 0.406 e. The number of nitrogens with one attached hydrogen (secondary N) is 2. The molecule has 1 amide bonds. The number of carbonyl (C=O) groups excluding carboxylic acids is 1. The van der Waals surface area contributed by atoms with Gasteiger partial charge in [0.25, 0.3) is 5.91 Å². The average Bonchev–Trinajstić information content (AvgIpc) is 2.53. The number of benzene rings is 2. The average molecular weight is 349 g/mol. The molecule has 0 radical (unpaired) electrons. The zero-order valence-electron chi connectivity index (χ0n) is 12.9. The molecule has 2 aliphatic rings. The summed E-state index contributed by atoms with van der Waals surface area (Å²) in [7, 11) is 0. The Balaban J connectivity index is 1.70. The van der Waals surface area contributed by atoms with Gasteiger partial charge in [0.15, 0.2) is 0 Å². The topological polar surface area (TPSA) is 53.6 Å². The van der Waals surface area contributed by atoms with Gasteiger partial charge in [0.1, 0.15) is 11.4 Å². The van der Waals surface area contributed by atoms with Crippen LogP contribution in [0.1, 0.15) is 10.4 Å². The van der Waals surface area contributed by atoms with Crippen molar-refractivity contribution < 1.29 is 22.7 Å². The summed E-state index contributed by atoms with van der Waals surface area (Å²) in [5.74, 6) is -0.518. The standard InChI is InChI=1S/C17H14F3N3O2/c18-17(19,20)25-12-7-5-11(6-8-12)23-15(24)13-3-1-2-4-14(13)22-16(23)9-21-10-16/h1-8,21-22H,9-10H2. The van der Waals surface area contributed by atoms with Gasteiger partial charge in [-0.15, -0.1) is 13.2 Å². The SMILES string of the molecule is O=C1c2ccccc2NC2(CNC2)N1c1ccc(OC(F)(F)F)cc1. The summed E-state index contributed by atoms with van der Waals surface area (Å²) in [6.07, 6.45) is -4.75. The lowest BCUT2D eigenvalue weighted by Gasteiger charge is -2.53. The number of hydrogen-bond donors (Lipinski definition) is 2.